The van der Waals surface area contributed by atoms with E-state index in [0.717, 1.165) is 22.4 Å². The molecular formula is C19H25NO4S. The third-order valence-corrected chi connectivity index (χ3v) is 5.81. The van der Waals surface area contributed by atoms with Crippen LogP contribution in [0.4, 0.5) is 0 Å². The Morgan fingerprint density at radius 3 is 2.28 bits per heavy atom. The van der Waals surface area contributed by atoms with Crippen molar-refractivity contribution in [2.45, 2.75) is 32.6 Å². The first-order chi connectivity index (χ1) is 11.8. The SMILES string of the molecule is COc1ccc(S(=O)(=O)NCCOc2c(C)ccc(C)c2C)c(C)c1. The van der Waals surface area contributed by atoms with Crippen LogP contribution < -0.4 is 14.2 Å². The summed E-state index contributed by atoms with van der Waals surface area (Å²) in [5.74, 6) is 1.45. The third-order valence-electron chi connectivity index (χ3n) is 4.19. The molecule has 25 heavy (non-hydrogen) atoms. The highest BCUT2D eigenvalue weighted by atomic mass is 32.2. The normalized spacial score (nSPS) is 11.4. The van der Waals surface area contributed by atoms with Gasteiger partial charge in [-0.05, 0) is 68.1 Å². The molecule has 2 aromatic rings. The van der Waals surface area contributed by atoms with E-state index in [1.54, 1.807) is 32.2 Å². The van der Waals surface area contributed by atoms with Gasteiger partial charge in [0, 0.05) is 6.54 Å². The van der Waals surface area contributed by atoms with Gasteiger partial charge < -0.3 is 9.47 Å². The standard InChI is InChI=1S/C19H25NO4S/c1-13-6-7-14(2)19(16(13)4)24-11-10-20-25(21,22)18-9-8-17(23-5)12-15(18)3/h6-9,12,20H,10-11H2,1-5H3. The van der Waals surface area contributed by atoms with Gasteiger partial charge in [-0.25, -0.2) is 13.1 Å². The van der Waals surface area contributed by atoms with Gasteiger partial charge in [0.15, 0.2) is 0 Å². The smallest absolute Gasteiger partial charge is 0.240 e. The highest BCUT2D eigenvalue weighted by Crippen LogP contribution is 2.25. The van der Waals surface area contributed by atoms with Crippen molar-refractivity contribution in [3.05, 3.63) is 52.6 Å². The minimum atomic E-state index is -3.58. The molecule has 0 atom stereocenters. The molecule has 0 radical (unpaired) electrons. The topological polar surface area (TPSA) is 64.6 Å². The number of nitrogens with one attached hydrogen (secondary N) is 1. The van der Waals surface area contributed by atoms with Crippen LogP contribution in [-0.4, -0.2) is 28.7 Å². The minimum Gasteiger partial charge on any atom is -0.497 e. The van der Waals surface area contributed by atoms with Crippen LogP contribution in [0.3, 0.4) is 0 Å². The first kappa shape index (κ1) is 19.3. The fourth-order valence-electron chi connectivity index (χ4n) is 2.60. The van der Waals surface area contributed by atoms with Crippen molar-refractivity contribution in [3.8, 4) is 11.5 Å². The molecule has 0 aliphatic heterocycles. The maximum Gasteiger partial charge on any atom is 0.240 e. The molecule has 2 aromatic carbocycles. The highest BCUT2D eigenvalue weighted by Gasteiger charge is 2.17. The quantitative estimate of drug-likeness (QED) is 0.767. The van der Waals surface area contributed by atoms with Crippen molar-refractivity contribution in [2.24, 2.45) is 0 Å². The minimum absolute atomic E-state index is 0.195. The fraction of sp³-hybridized carbons (Fsp3) is 0.368. The van der Waals surface area contributed by atoms with Crippen molar-refractivity contribution in [1.29, 1.82) is 0 Å². The van der Waals surface area contributed by atoms with E-state index in [1.165, 1.54) is 0 Å². The number of sulfonamides is 1. The number of methoxy groups -OCH3 is 1. The molecule has 0 heterocycles. The monoisotopic (exact) mass is 363 g/mol. The molecule has 1 N–H and O–H groups in total. The van der Waals surface area contributed by atoms with E-state index in [4.69, 9.17) is 9.47 Å². The summed E-state index contributed by atoms with van der Waals surface area (Å²) < 4.78 is 38.4. The van der Waals surface area contributed by atoms with Crippen molar-refractivity contribution >= 4 is 10.0 Å². The molecule has 0 saturated heterocycles. The summed E-state index contributed by atoms with van der Waals surface area (Å²) >= 11 is 0. The van der Waals surface area contributed by atoms with Crippen molar-refractivity contribution in [1.82, 2.24) is 4.72 Å². The van der Waals surface area contributed by atoms with Gasteiger partial charge in [0.2, 0.25) is 10.0 Å². The number of benzene rings is 2. The third kappa shape index (κ3) is 4.52. The first-order valence-electron chi connectivity index (χ1n) is 8.10. The van der Waals surface area contributed by atoms with Gasteiger partial charge in [-0.2, -0.15) is 0 Å². The zero-order chi connectivity index (χ0) is 18.6. The largest absolute Gasteiger partial charge is 0.497 e. The second-order valence-corrected chi connectivity index (χ2v) is 7.77. The van der Waals surface area contributed by atoms with E-state index in [-0.39, 0.29) is 18.0 Å². The fourth-order valence-corrected chi connectivity index (χ4v) is 3.84. The van der Waals surface area contributed by atoms with Crippen molar-refractivity contribution < 1.29 is 17.9 Å². The zero-order valence-corrected chi connectivity index (χ0v) is 16.2. The Labute approximate surface area is 150 Å². The lowest BCUT2D eigenvalue weighted by Crippen LogP contribution is -2.29. The molecule has 0 aromatic heterocycles. The molecular weight excluding hydrogens is 338 g/mol. The number of hydrogen-bond acceptors (Lipinski definition) is 4. The van der Waals surface area contributed by atoms with Crippen LogP contribution in [0.25, 0.3) is 0 Å². The summed E-state index contributed by atoms with van der Waals surface area (Å²) in [6.45, 7) is 8.21. The van der Waals surface area contributed by atoms with Gasteiger partial charge in [0.05, 0.1) is 12.0 Å². The summed E-state index contributed by atoms with van der Waals surface area (Å²) in [7, 11) is -2.03. The molecule has 0 spiro atoms. The first-order valence-corrected chi connectivity index (χ1v) is 9.58. The van der Waals surface area contributed by atoms with E-state index in [9.17, 15) is 8.42 Å². The Balaban J connectivity index is 2.01. The summed E-state index contributed by atoms with van der Waals surface area (Å²) in [5, 5.41) is 0. The molecule has 2 rings (SSSR count). The van der Waals surface area contributed by atoms with Crippen LogP contribution in [-0.2, 0) is 10.0 Å². The molecule has 0 amide bonds. The van der Waals surface area contributed by atoms with E-state index in [0.29, 0.717) is 11.3 Å². The lowest BCUT2D eigenvalue weighted by atomic mass is 10.1. The Bertz CT molecular complexity index is 860. The number of hydrogen-bond donors (Lipinski definition) is 1. The van der Waals surface area contributed by atoms with E-state index in [2.05, 4.69) is 4.72 Å². The molecule has 0 bridgehead atoms. The zero-order valence-electron chi connectivity index (χ0n) is 15.3. The average Bonchev–Trinajstić information content (AvgIpc) is 2.57. The Morgan fingerprint density at radius 2 is 1.64 bits per heavy atom. The predicted molar refractivity (Wildman–Crippen MR) is 99.1 cm³/mol. The second-order valence-electron chi connectivity index (χ2n) is 6.03. The molecule has 5 nitrogen and oxygen atoms in total. The molecule has 0 aliphatic rings. The van der Waals surface area contributed by atoms with Crippen LogP contribution in [0.1, 0.15) is 22.3 Å². The number of aryl methyl sites for hydroxylation is 3. The van der Waals surface area contributed by atoms with Crippen LogP contribution in [0, 0.1) is 27.7 Å². The second kappa shape index (κ2) is 7.89. The number of ether oxygens (including phenoxy) is 2. The van der Waals surface area contributed by atoms with Gasteiger partial charge in [0.1, 0.15) is 18.1 Å². The van der Waals surface area contributed by atoms with E-state index >= 15 is 0 Å². The summed E-state index contributed by atoms with van der Waals surface area (Å²) in [4.78, 5) is 0.246. The summed E-state index contributed by atoms with van der Waals surface area (Å²) in [6.07, 6.45) is 0. The maximum atomic E-state index is 12.4. The van der Waals surface area contributed by atoms with Crippen LogP contribution in [0.2, 0.25) is 0 Å². The Hall–Kier alpha value is -2.05. The number of rotatable bonds is 7. The molecule has 0 fully saturated rings. The van der Waals surface area contributed by atoms with Crippen molar-refractivity contribution in [2.75, 3.05) is 20.3 Å². The predicted octanol–water partition coefficient (Wildman–Crippen LogP) is 3.29. The molecule has 0 aliphatic carbocycles. The lowest BCUT2D eigenvalue weighted by molar-refractivity contribution is 0.318. The summed E-state index contributed by atoms with van der Waals surface area (Å²) in [5.41, 5.74) is 3.90. The average molecular weight is 363 g/mol. The molecule has 0 unspecified atom stereocenters. The Morgan fingerprint density at radius 1 is 0.960 bits per heavy atom. The highest BCUT2D eigenvalue weighted by molar-refractivity contribution is 7.89. The van der Waals surface area contributed by atoms with Gasteiger partial charge >= 0.3 is 0 Å². The maximum absolute atomic E-state index is 12.4. The van der Waals surface area contributed by atoms with E-state index < -0.39 is 10.0 Å². The van der Waals surface area contributed by atoms with Crippen LogP contribution in [0.15, 0.2) is 35.2 Å². The molecule has 0 saturated carbocycles. The van der Waals surface area contributed by atoms with Crippen LogP contribution in [0.5, 0.6) is 11.5 Å². The molecule has 136 valence electrons. The van der Waals surface area contributed by atoms with Gasteiger partial charge in [0.25, 0.3) is 0 Å². The van der Waals surface area contributed by atoms with Gasteiger partial charge in [-0.3, -0.25) is 0 Å². The van der Waals surface area contributed by atoms with Crippen molar-refractivity contribution in [3.63, 3.8) is 0 Å². The Kier molecular flexibility index (Phi) is 6.08. The summed E-state index contributed by atoms with van der Waals surface area (Å²) in [6, 6.07) is 8.93. The van der Waals surface area contributed by atoms with Crippen LogP contribution >= 0.6 is 0 Å². The lowest BCUT2D eigenvalue weighted by Gasteiger charge is -2.15. The molecule has 6 heteroatoms. The van der Waals surface area contributed by atoms with Gasteiger partial charge in [-0.15, -0.1) is 0 Å². The van der Waals surface area contributed by atoms with Gasteiger partial charge in [-0.1, -0.05) is 12.1 Å². The van der Waals surface area contributed by atoms with E-state index in [1.807, 2.05) is 32.9 Å².